The van der Waals surface area contributed by atoms with Gasteiger partial charge in [-0.05, 0) is 55.7 Å². The SMILES string of the molecule is C=C/C=C(\C=C1\C=CC=CC1)N(c1cccc(CSCCOCCOC(=O)C=C)c1)C(C)C. The van der Waals surface area contributed by atoms with Crippen LogP contribution in [0.25, 0.3) is 0 Å². The molecule has 0 atom stereocenters. The van der Waals surface area contributed by atoms with Crippen LogP contribution in [0.1, 0.15) is 25.8 Å². The number of esters is 1. The number of nitrogens with zero attached hydrogens (tertiary/aromatic N) is 1. The summed E-state index contributed by atoms with van der Waals surface area (Å²) in [6.45, 7) is 13.0. The molecular weight excluding hydrogens is 430 g/mol. The van der Waals surface area contributed by atoms with Crippen LogP contribution in [0.3, 0.4) is 0 Å². The van der Waals surface area contributed by atoms with Crippen molar-refractivity contribution in [2.45, 2.75) is 32.1 Å². The summed E-state index contributed by atoms with van der Waals surface area (Å²) >= 11 is 1.82. The van der Waals surface area contributed by atoms with Gasteiger partial charge in [-0.3, -0.25) is 0 Å². The molecule has 0 radical (unpaired) electrons. The number of carbonyl (C=O) groups is 1. The van der Waals surface area contributed by atoms with Crippen molar-refractivity contribution in [1.29, 1.82) is 0 Å². The van der Waals surface area contributed by atoms with Gasteiger partial charge in [0, 0.05) is 35.0 Å². The maximum Gasteiger partial charge on any atom is 0.330 e. The second-order valence-electron chi connectivity index (χ2n) is 7.71. The Kier molecular flexibility index (Phi) is 12.2. The fourth-order valence-corrected chi connectivity index (χ4v) is 4.15. The summed E-state index contributed by atoms with van der Waals surface area (Å²) in [6, 6.07) is 8.99. The largest absolute Gasteiger partial charge is 0.460 e. The van der Waals surface area contributed by atoms with Gasteiger partial charge in [0.05, 0.1) is 13.2 Å². The number of carbonyl (C=O) groups excluding carboxylic acids is 1. The molecule has 1 aliphatic rings. The second-order valence-corrected chi connectivity index (χ2v) is 8.81. The highest BCUT2D eigenvalue weighted by atomic mass is 32.2. The molecule has 0 spiro atoms. The summed E-state index contributed by atoms with van der Waals surface area (Å²) in [5, 5.41) is 0. The molecule has 0 unspecified atom stereocenters. The van der Waals surface area contributed by atoms with E-state index in [0.29, 0.717) is 19.3 Å². The molecule has 1 aromatic carbocycles. The molecule has 2 rings (SSSR count). The van der Waals surface area contributed by atoms with Crippen molar-refractivity contribution in [1.82, 2.24) is 0 Å². The minimum Gasteiger partial charge on any atom is -0.460 e. The fourth-order valence-electron chi connectivity index (χ4n) is 3.36. The number of benzene rings is 1. The maximum atomic E-state index is 11.0. The Bertz CT molecular complexity index is 911. The lowest BCUT2D eigenvalue weighted by atomic mass is 10.0. The van der Waals surface area contributed by atoms with Crippen LogP contribution in [-0.2, 0) is 20.0 Å². The lowest BCUT2D eigenvalue weighted by molar-refractivity contribution is -0.139. The first-order chi connectivity index (χ1) is 16.0. The zero-order chi connectivity index (χ0) is 23.9. The molecule has 4 nitrogen and oxygen atoms in total. The van der Waals surface area contributed by atoms with E-state index in [1.807, 2.05) is 17.8 Å². The van der Waals surface area contributed by atoms with E-state index in [-0.39, 0.29) is 6.61 Å². The molecule has 0 N–H and O–H groups in total. The van der Waals surface area contributed by atoms with Gasteiger partial charge < -0.3 is 14.4 Å². The van der Waals surface area contributed by atoms with Gasteiger partial charge in [0.2, 0.25) is 0 Å². The lowest BCUT2D eigenvalue weighted by Crippen LogP contribution is -2.29. The molecule has 33 heavy (non-hydrogen) atoms. The van der Waals surface area contributed by atoms with E-state index in [0.717, 1.165) is 29.7 Å². The van der Waals surface area contributed by atoms with E-state index < -0.39 is 5.97 Å². The van der Waals surface area contributed by atoms with Crippen molar-refractivity contribution < 1.29 is 14.3 Å². The molecule has 0 aliphatic heterocycles. The van der Waals surface area contributed by atoms with Crippen molar-refractivity contribution in [2.24, 2.45) is 0 Å². The predicted octanol–water partition coefficient (Wildman–Crippen LogP) is 6.39. The van der Waals surface area contributed by atoms with Crippen LogP contribution in [0.15, 0.2) is 97.3 Å². The third kappa shape index (κ3) is 9.72. The number of allylic oxidation sites excluding steroid dienone is 8. The molecule has 1 aliphatic carbocycles. The Morgan fingerprint density at radius 1 is 1.21 bits per heavy atom. The van der Waals surface area contributed by atoms with Crippen LogP contribution >= 0.6 is 11.8 Å². The van der Waals surface area contributed by atoms with Crippen LogP contribution in [0.5, 0.6) is 0 Å². The second kappa shape index (κ2) is 15.1. The molecular formula is C28H35NO3S. The van der Waals surface area contributed by atoms with Crippen molar-refractivity contribution in [3.8, 4) is 0 Å². The molecule has 176 valence electrons. The highest BCUT2D eigenvalue weighted by molar-refractivity contribution is 7.98. The van der Waals surface area contributed by atoms with E-state index in [1.54, 1.807) is 0 Å². The van der Waals surface area contributed by atoms with Gasteiger partial charge in [0.15, 0.2) is 0 Å². The summed E-state index contributed by atoms with van der Waals surface area (Å²) in [5.74, 6) is 1.36. The Morgan fingerprint density at radius 3 is 2.76 bits per heavy atom. The van der Waals surface area contributed by atoms with Crippen molar-refractivity contribution in [3.63, 3.8) is 0 Å². The Balaban J connectivity index is 1.95. The summed E-state index contributed by atoms with van der Waals surface area (Å²) in [5.41, 5.74) is 4.85. The molecule has 0 bridgehead atoms. The molecule has 0 heterocycles. The zero-order valence-corrected chi connectivity index (χ0v) is 20.6. The molecule has 0 amide bonds. The van der Waals surface area contributed by atoms with Gasteiger partial charge >= 0.3 is 5.97 Å². The number of anilines is 1. The first kappa shape index (κ1) is 26.5. The Hall–Kier alpha value is -2.76. The summed E-state index contributed by atoms with van der Waals surface area (Å²) < 4.78 is 10.4. The summed E-state index contributed by atoms with van der Waals surface area (Å²) in [7, 11) is 0. The third-order valence-corrected chi connectivity index (χ3v) is 5.79. The average Bonchev–Trinajstić information content (AvgIpc) is 2.81. The number of hydrogen-bond donors (Lipinski definition) is 0. The molecule has 0 saturated heterocycles. The monoisotopic (exact) mass is 465 g/mol. The molecule has 0 aromatic heterocycles. The molecule has 0 saturated carbocycles. The average molecular weight is 466 g/mol. The van der Waals surface area contributed by atoms with E-state index in [4.69, 9.17) is 9.47 Å². The highest BCUT2D eigenvalue weighted by Crippen LogP contribution is 2.27. The summed E-state index contributed by atoms with van der Waals surface area (Å²) in [4.78, 5) is 13.3. The number of hydrogen-bond acceptors (Lipinski definition) is 5. The minimum atomic E-state index is -0.419. The number of thioether (sulfide) groups is 1. The fraction of sp³-hybridized carbons (Fsp3) is 0.321. The van der Waals surface area contributed by atoms with Crippen LogP contribution in [0.4, 0.5) is 5.69 Å². The van der Waals surface area contributed by atoms with E-state index >= 15 is 0 Å². The van der Waals surface area contributed by atoms with Crippen molar-refractivity contribution in [2.75, 3.05) is 30.5 Å². The van der Waals surface area contributed by atoms with Crippen LogP contribution in [0.2, 0.25) is 0 Å². The van der Waals surface area contributed by atoms with Gasteiger partial charge in [-0.25, -0.2) is 4.79 Å². The number of rotatable bonds is 14. The lowest BCUT2D eigenvalue weighted by Gasteiger charge is -2.31. The maximum absolute atomic E-state index is 11.0. The highest BCUT2D eigenvalue weighted by Gasteiger charge is 2.15. The molecule has 5 heteroatoms. The van der Waals surface area contributed by atoms with E-state index in [1.165, 1.54) is 16.8 Å². The first-order valence-electron chi connectivity index (χ1n) is 11.2. The smallest absolute Gasteiger partial charge is 0.330 e. The van der Waals surface area contributed by atoms with Gasteiger partial charge in [0.1, 0.15) is 6.61 Å². The van der Waals surface area contributed by atoms with Gasteiger partial charge in [-0.1, -0.05) is 55.7 Å². The first-order valence-corrected chi connectivity index (χ1v) is 12.4. The van der Waals surface area contributed by atoms with Crippen LogP contribution in [-0.4, -0.2) is 37.6 Å². The van der Waals surface area contributed by atoms with Gasteiger partial charge in [-0.2, -0.15) is 11.8 Å². The van der Waals surface area contributed by atoms with E-state index in [9.17, 15) is 4.79 Å². The standard InChI is InChI=1S/C28H35NO3S/c1-5-11-26(20-24-12-8-7-9-13-24)29(23(3)4)27-15-10-14-25(21-27)22-33-19-18-31-16-17-32-28(30)6-2/h5-12,14-15,20-21,23H,1-2,13,16-19,22H2,3-4H3/b24-20-,26-11+. The molecule has 1 aromatic rings. The van der Waals surface area contributed by atoms with Gasteiger partial charge in [-0.15, -0.1) is 0 Å². The summed E-state index contributed by atoms with van der Waals surface area (Å²) in [6.07, 6.45) is 16.8. The normalized spacial score (nSPS) is 14.5. The van der Waals surface area contributed by atoms with Crippen LogP contribution in [0, 0.1) is 0 Å². The quantitative estimate of drug-likeness (QED) is 0.138. The topological polar surface area (TPSA) is 38.8 Å². The van der Waals surface area contributed by atoms with E-state index in [2.05, 4.69) is 92.6 Å². The zero-order valence-electron chi connectivity index (χ0n) is 19.7. The van der Waals surface area contributed by atoms with Crippen molar-refractivity contribution >= 4 is 23.4 Å². The Labute approximate surface area is 203 Å². The van der Waals surface area contributed by atoms with Crippen molar-refractivity contribution in [3.05, 3.63) is 103 Å². The third-order valence-electron chi connectivity index (χ3n) is 4.80. The Morgan fingerprint density at radius 2 is 2.06 bits per heavy atom. The van der Waals surface area contributed by atoms with Crippen LogP contribution < -0.4 is 4.90 Å². The minimum absolute atomic E-state index is 0.255. The number of ether oxygens (including phenoxy) is 2. The predicted molar refractivity (Wildman–Crippen MR) is 141 cm³/mol. The molecule has 0 fully saturated rings. The van der Waals surface area contributed by atoms with Gasteiger partial charge in [0.25, 0.3) is 0 Å².